The largest absolute Gasteiger partial charge is 0.341 e. The summed E-state index contributed by atoms with van der Waals surface area (Å²) in [6.45, 7) is 6.39. The molecule has 0 N–H and O–H groups in total. The first-order chi connectivity index (χ1) is 13.7. The van der Waals surface area contributed by atoms with Crippen LogP contribution in [0, 0.1) is 6.92 Å². The molecule has 2 aromatic heterocycles. The summed E-state index contributed by atoms with van der Waals surface area (Å²) in [5.41, 5.74) is 2.87. The zero-order chi connectivity index (χ0) is 19.3. The molecule has 1 aliphatic rings. The number of benzene rings is 1. The smallest absolute Gasteiger partial charge is 0.233 e. The van der Waals surface area contributed by atoms with Gasteiger partial charge in [-0.15, -0.1) is 11.3 Å². The SMILES string of the molecule is Cc1nc(CN2CCCN(C(=O)CSc3cnc4ccccc4n3)CC2)cs1. The number of amides is 1. The summed E-state index contributed by atoms with van der Waals surface area (Å²) in [6.07, 6.45) is 2.75. The molecule has 1 amide bonds. The Morgan fingerprint density at radius 3 is 2.82 bits per heavy atom. The van der Waals surface area contributed by atoms with Gasteiger partial charge in [0.05, 0.1) is 33.7 Å². The average Bonchev–Trinajstić information content (AvgIpc) is 2.98. The van der Waals surface area contributed by atoms with E-state index in [2.05, 4.69) is 25.2 Å². The number of nitrogens with zero attached hydrogens (tertiary/aromatic N) is 5. The summed E-state index contributed by atoms with van der Waals surface area (Å²) >= 11 is 3.16. The van der Waals surface area contributed by atoms with Crippen LogP contribution in [0.4, 0.5) is 0 Å². The standard InChI is InChI=1S/C20H23N5OS2/c1-15-22-16(13-27-15)12-24-7-4-8-25(10-9-24)20(26)14-28-19-11-21-17-5-2-3-6-18(17)23-19/h2-3,5-6,11,13H,4,7-10,12,14H2,1H3. The van der Waals surface area contributed by atoms with Gasteiger partial charge in [-0.25, -0.2) is 9.97 Å². The quantitative estimate of drug-likeness (QED) is 0.599. The monoisotopic (exact) mass is 413 g/mol. The average molecular weight is 414 g/mol. The van der Waals surface area contributed by atoms with E-state index < -0.39 is 0 Å². The van der Waals surface area contributed by atoms with Crippen LogP contribution in [-0.4, -0.2) is 62.6 Å². The summed E-state index contributed by atoms with van der Waals surface area (Å²) in [4.78, 5) is 30.6. The van der Waals surface area contributed by atoms with Gasteiger partial charge in [-0.2, -0.15) is 0 Å². The first-order valence-corrected chi connectivity index (χ1v) is 11.3. The highest BCUT2D eigenvalue weighted by atomic mass is 32.2. The maximum Gasteiger partial charge on any atom is 0.233 e. The number of para-hydroxylation sites is 2. The van der Waals surface area contributed by atoms with Crippen LogP contribution in [0.15, 0.2) is 40.9 Å². The lowest BCUT2D eigenvalue weighted by atomic mass is 10.3. The fraction of sp³-hybridized carbons (Fsp3) is 0.400. The van der Waals surface area contributed by atoms with Gasteiger partial charge in [-0.3, -0.25) is 14.7 Å². The molecule has 6 nitrogen and oxygen atoms in total. The van der Waals surface area contributed by atoms with E-state index in [0.29, 0.717) is 5.75 Å². The number of aromatic nitrogens is 3. The summed E-state index contributed by atoms with van der Waals surface area (Å²) in [7, 11) is 0. The Morgan fingerprint density at radius 1 is 1.14 bits per heavy atom. The fourth-order valence-corrected chi connectivity index (χ4v) is 4.67. The summed E-state index contributed by atoms with van der Waals surface area (Å²) in [6, 6.07) is 7.79. The van der Waals surface area contributed by atoms with Gasteiger partial charge in [-0.1, -0.05) is 23.9 Å². The number of thiazole rings is 1. The Balaban J connectivity index is 1.29. The molecule has 146 valence electrons. The van der Waals surface area contributed by atoms with Crippen LogP contribution in [0.1, 0.15) is 17.1 Å². The van der Waals surface area contributed by atoms with Crippen molar-refractivity contribution in [2.45, 2.75) is 24.9 Å². The number of thioether (sulfide) groups is 1. The molecule has 3 aromatic rings. The lowest BCUT2D eigenvalue weighted by molar-refractivity contribution is -0.128. The minimum absolute atomic E-state index is 0.173. The van der Waals surface area contributed by atoms with Gasteiger partial charge in [0.25, 0.3) is 0 Å². The highest BCUT2D eigenvalue weighted by Crippen LogP contribution is 2.19. The van der Waals surface area contributed by atoms with E-state index in [1.807, 2.05) is 36.1 Å². The number of rotatable bonds is 5. The van der Waals surface area contributed by atoms with Crippen LogP contribution in [0.2, 0.25) is 0 Å². The van der Waals surface area contributed by atoms with E-state index in [-0.39, 0.29) is 5.91 Å². The second kappa shape index (κ2) is 8.98. The maximum absolute atomic E-state index is 12.7. The van der Waals surface area contributed by atoms with Gasteiger partial charge in [0.2, 0.25) is 5.91 Å². The lowest BCUT2D eigenvalue weighted by Crippen LogP contribution is -2.36. The molecule has 0 atom stereocenters. The Morgan fingerprint density at radius 2 is 2.00 bits per heavy atom. The van der Waals surface area contributed by atoms with Crippen LogP contribution in [0.5, 0.6) is 0 Å². The Labute approximate surface area is 173 Å². The van der Waals surface area contributed by atoms with Crippen molar-refractivity contribution in [3.05, 3.63) is 46.5 Å². The Hall–Kier alpha value is -2.03. The van der Waals surface area contributed by atoms with Crippen LogP contribution in [-0.2, 0) is 11.3 Å². The predicted molar refractivity (Wildman–Crippen MR) is 114 cm³/mol. The number of carbonyl (C=O) groups is 1. The molecule has 0 spiro atoms. The van der Waals surface area contributed by atoms with Crippen LogP contribution in [0.25, 0.3) is 11.0 Å². The van der Waals surface area contributed by atoms with Crippen molar-refractivity contribution in [2.75, 3.05) is 31.9 Å². The van der Waals surface area contributed by atoms with Crippen molar-refractivity contribution in [3.8, 4) is 0 Å². The highest BCUT2D eigenvalue weighted by molar-refractivity contribution is 7.99. The number of fused-ring (bicyclic) bond motifs is 1. The zero-order valence-corrected chi connectivity index (χ0v) is 17.5. The molecule has 28 heavy (non-hydrogen) atoms. The minimum Gasteiger partial charge on any atom is -0.341 e. The molecule has 3 heterocycles. The normalized spacial score (nSPS) is 15.7. The van der Waals surface area contributed by atoms with E-state index in [4.69, 9.17) is 0 Å². The molecule has 0 bridgehead atoms. The van der Waals surface area contributed by atoms with Crippen molar-refractivity contribution in [2.24, 2.45) is 0 Å². The van der Waals surface area contributed by atoms with Gasteiger partial charge >= 0.3 is 0 Å². The third kappa shape index (κ3) is 4.87. The second-order valence-corrected chi connectivity index (χ2v) is 8.91. The second-order valence-electron chi connectivity index (χ2n) is 6.85. The zero-order valence-electron chi connectivity index (χ0n) is 15.9. The van der Waals surface area contributed by atoms with Crippen LogP contribution < -0.4 is 0 Å². The van der Waals surface area contributed by atoms with Crippen LogP contribution >= 0.6 is 23.1 Å². The summed E-state index contributed by atoms with van der Waals surface area (Å²) in [5, 5.41) is 4.03. The third-order valence-electron chi connectivity index (χ3n) is 4.76. The van der Waals surface area contributed by atoms with Crippen LogP contribution in [0.3, 0.4) is 0 Å². The fourth-order valence-electron chi connectivity index (χ4n) is 3.33. The minimum atomic E-state index is 0.173. The molecule has 4 rings (SSSR count). The predicted octanol–water partition coefficient (Wildman–Crippen LogP) is 3.22. The molecular weight excluding hydrogens is 390 g/mol. The molecule has 1 aromatic carbocycles. The molecule has 1 aliphatic heterocycles. The first-order valence-electron chi connectivity index (χ1n) is 9.43. The summed E-state index contributed by atoms with van der Waals surface area (Å²) in [5.74, 6) is 0.574. The molecule has 8 heteroatoms. The summed E-state index contributed by atoms with van der Waals surface area (Å²) < 4.78 is 0. The van der Waals surface area contributed by atoms with E-state index in [1.54, 1.807) is 17.5 Å². The van der Waals surface area contributed by atoms with E-state index in [0.717, 1.165) is 65.9 Å². The number of hydrogen-bond donors (Lipinski definition) is 0. The Bertz CT molecular complexity index is 960. The Kier molecular flexibility index (Phi) is 6.19. The molecule has 1 saturated heterocycles. The molecule has 0 unspecified atom stereocenters. The van der Waals surface area contributed by atoms with E-state index in [1.165, 1.54) is 11.8 Å². The molecule has 0 aliphatic carbocycles. The van der Waals surface area contributed by atoms with Crippen molar-refractivity contribution in [1.29, 1.82) is 0 Å². The van der Waals surface area contributed by atoms with E-state index >= 15 is 0 Å². The van der Waals surface area contributed by atoms with E-state index in [9.17, 15) is 4.79 Å². The van der Waals surface area contributed by atoms with Gasteiger partial charge < -0.3 is 4.90 Å². The topological polar surface area (TPSA) is 62.2 Å². The number of carbonyl (C=O) groups excluding carboxylic acids is 1. The lowest BCUT2D eigenvalue weighted by Gasteiger charge is -2.21. The van der Waals surface area contributed by atoms with Gasteiger partial charge in [0.1, 0.15) is 5.03 Å². The molecule has 0 saturated carbocycles. The molecule has 1 fully saturated rings. The molecule has 0 radical (unpaired) electrons. The van der Waals surface area contributed by atoms with Gasteiger partial charge in [-0.05, 0) is 25.5 Å². The van der Waals surface area contributed by atoms with Crippen molar-refractivity contribution in [3.63, 3.8) is 0 Å². The van der Waals surface area contributed by atoms with Gasteiger partial charge in [0.15, 0.2) is 0 Å². The number of aryl methyl sites for hydroxylation is 1. The third-order valence-corrected chi connectivity index (χ3v) is 6.47. The maximum atomic E-state index is 12.7. The highest BCUT2D eigenvalue weighted by Gasteiger charge is 2.20. The molecular formula is C20H23N5OS2. The van der Waals surface area contributed by atoms with Crippen molar-refractivity contribution >= 4 is 40.0 Å². The van der Waals surface area contributed by atoms with Gasteiger partial charge in [0, 0.05) is 38.1 Å². The van der Waals surface area contributed by atoms with Crippen molar-refractivity contribution < 1.29 is 4.79 Å². The first kappa shape index (κ1) is 19.3. The number of hydrogen-bond acceptors (Lipinski definition) is 7. The van der Waals surface area contributed by atoms with Crippen molar-refractivity contribution in [1.82, 2.24) is 24.8 Å².